The van der Waals surface area contributed by atoms with E-state index in [-0.39, 0.29) is 40.5 Å². The van der Waals surface area contributed by atoms with E-state index in [0.29, 0.717) is 16.3 Å². The van der Waals surface area contributed by atoms with Gasteiger partial charge in [0.2, 0.25) is 0 Å². The molecule has 0 radical (unpaired) electrons. The Morgan fingerprint density at radius 3 is 2.64 bits per heavy atom. The Morgan fingerprint density at radius 2 is 2.04 bits per heavy atom. The third kappa shape index (κ3) is 5.76. The molecule has 0 saturated heterocycles. The monoisotopic (exact) mass is 372 g/mol. The van der Waals surface area contributed by atoms with Gasteiger partial charge >= 0.3 is 18.9 Å². The zero-order valence-corrected chi connectivity index (χ0v) is 17.1. The molecule has 0 spiro atoms. The van der Waals surface area contributed by atoms with Gasteiger partial charge in [0.1, 0.15) is 11.5 Å². The van der Waals surface area contributed by atoms with Crippen LogP contribution in [0, 0.1) is 6.92 Å². The maximum absolute atomic E-state index is 12.7. The Labute approximate surface area is 169 Å². The van der Waals surface area contributed by atoms with Crippen molar-refractivity contribution < 1.29 is 34.6 Å². The first kappa shape index (κ1) is 22.1. The molecule has 3 nitrogen and oxygen atoms in total. The number of carbonyl (C=O) groups is 1. The van der Waals surface area contributed by atoms with Crippen molar-refractivity contribution in [3.8, 4) is 11.5 Å². The standard InChI is InChI=1S/C19H22ClO3P.Li.H/c1-5-13(3)23-14-9-10-17(12(2)11-14)24-19(21)18-15(20)7-6-8-16(18)22-4;;/h6-11,13,24H,5H2,1-4H3;;/q;+1;-1. The molecule has 25 heavy (non-hydrogen) atoms. The van der Waals surface area contributed by atoms with Gasteiger partial charge in [-0.05, 0) is 64.0 Å². The quantitative estimate of drug-likeness (QED) is 0.551. The minimum atomic E-state index is -0.0313. The summed E-state index contributed by atoms with van der Waals surface area (Å²) in [5.74, 6) is 1.34. The number of methoxy groups -OCH3 is 1. The van der Waals surface area contributed by atoms with Crippen LogP contribution >= 0.6 is 20.2 Å². The summed E-state index contributed by atoms with van der Waals surface area (Å²) in [5.41, 5.74) is 1.45. The van der Waals surface area contributed by atoms with E-state index in [0.717, 1.165) is 23.0 Å². The van der Waals surface area contributed by atoms with E-state index >= 15 is 0 Å². The number of benzene rings is 2. The van der Waals surface area contributed by atoms with E-state index in [9.17, 15) is 4.79 Å². The van der Waals surface area contributed by atoms with Crippen LogP contribution in [0.15, 0.2) is 36.4 Å². The average Bonchev–Trinajstić information content (AvgIpc) is 2.56. The molecule has 0 amide bonds. The molecule has 0 bridgehead atoms. The fourth-order valence-electron chi connectivity index (χ4n) is 2.24. The van der Waals surface area contributed by atoms with Gasteiger partial charge in [-0.25, -0.2) is 0 Å². The number of halogens is 1. The van der Waals surface area contributed by atoms with Crippen molar-refractivity contribution in [3.05, 3.63) is 52.5 Å². The molecule has 130 valence electrons. The molecular formula is C19H23ClLiO3P. The molecular weight excluding hydrogens is 350 g/mol. The van der Waals surface area contributed by atoms with Crippen molar-refractivity contribution >= 4 is 31.0 Å². The fourth-order valence-corrected chi connectivity index (χ4v) is 3.64. The predicted molar refractivity (Wildman–Crippen MR) is 103 cm³/mol. The minimum Gasteiger partial charge on any atom is -1.00 e. The SMILES string of the molecule is CCC(C)Oc1ccc(PC(=O)c2c(Cl)cccc2OC)c(C)c1.[H-].[Li+]. The second-order valence-electron chi connectivity index (χ2n) is 5.58. The van der Waals surface area contributed by atoms with Crippen molar-refractivity contribution in [3.63, 3.8) is 0 Å². The third-order valence-corrected chi connectivity index (χ3v) is 5.40. The van der Waals surface area contributed by atoms with Gasteiger partial charge in [-0.1, -0.05) is 30.7 Å². The van der Waals surface area contributed by atoms with E-state index in [1.807, 2.05) is 32.0 Å². The molecule has 0 aliphatic carbocycles. The third-order valence-electron chi connectivity index (χ3n) is 3.78. The van der Waals surface area contributed by atoms with E-state index in [4.69, 9.17) is 21.1 Å². The van der Waals surface area contributed by atoms with Crippen LogP contribution in [-0.2, 0) is 0 Å². The zero-order chi connectivity index (χ0) is 17.7. The van der Waals surface area contributed by atoms with Gasteiger partial charge in [-0.3, -0.25) is 4.79 Å². The molecule has 2 aromatic rings. The van der Waals surface area contributed by atoms with Crippen molar-refractivity contribution in [2.24, 2.45) is 0 Å². The smallest absolute Gasteiger partial charge is 1.00 e. The van der Waals surface area contributed by atoms with Gasteiger partial charge in [-0.15, -0.1) is 0 Å². The van der Waals surface area contributed by atoms with E-state index in [1.54, 1.807) is 18.2 Å². The van der Waals surface area contributed by atoms with E-state index in [1.165, 1.54) is 7.11 Å². The van der Waals surface area contributed by atoms with Gasteiger partial charge < -0.3 is 10.9 Å². The van der Waals surface area contributed by atoms with Crippen LogP contribution in [-0.4, -0.2) is 18.7 Å². The number of hydrogen-bond donors (Lipinski definition) is 0. The van der Waals surface area contributed by atoms with Gasteiger partial charge in [-0.2, -0.15) is 0 Å². The molecule has 0 N–H and O–H groups in total. The molecule has 2 aromatic carbocycles. The second kappa shape index (κ2) is 10.2. The Morgan fingerprint density at radius 1 is 1.32 bits per heavy atom. The molecule has 0 aliphatic rings. The molecule has 0 heterocycles. The minimum absolute atomic E-state index is 0. The number of carbonyl (C=O) groups excluding carboxylic acids is 1. The van der Waals surface area contributed by atoms with Crippen LogP contribution in [0.4, 0.5) is 0 Å². The van der Waals surface area contributed by atoms with Crippen molar-refractivity contribution in [1.82, 2.24) is 0 Å². The van der Waals surface area contributed by atoms with Gasteiger partial charge in [0.05, 0.1) is 23.8 Å². The summed E-state index contributed by atoms with van der Waals surface area (Å²) in [7, 11) is 1.52. The maximum Gasteiger partial charge on any atom is 1.00 e. The summed E-state index contributed by atoms with van der Waals surface area (Å²) in [6.07, 6.45) is 1.12. The van der Waals surface area contributed by atoms with Gasteiger partial charge in [0.15, 0.2) is 5.52 Å². The summed E-state index contributed by atoms with van der Waals surface area (Å²) in [5, 5.41) is 1.40. The van der Waals surface area contributed by atoms with Crippen LogP contribution in [0.2, 0.25) is 5.02 Å². The Hall–Kier alpha value is -0.973. The fraction of sp³-hybridized carbons (Fsp3) is 0.316. The van der Waals surface area contributed by atoms with Crippen molar-refractivity contribution in [1.29, 1.82) is 0 Å². The topological polar surface area (TPSA) is 35.5 Å². The normalized spacial score (nSPS) is 11.9. The summed E-state index contributed by atoms with van der Waals surface area (Å²) in [6.45, 7) is 6.12. The summed E-state index contributed by atoms with van der Waals surface area (Å²) in [4.78, 5) is 12.7. The largest absolute Gasteiger partial charge is 1.00 e. The molecule has 6 heteroatoms. The number of hydrogen-bond acceptors (Lipinski definition) is 3. The molecule has 2 atom stereocenters. The predicted octanol–water partition coefficient (Wildman–Crippen LogP) is 2.10. The van der Waals surface area contributed by atoms with E-state index < -0.39 is 0 Å². The first-order chi connectivity index (χ1) is 11.5. The molecule has 2 unspecified atom stereocenters. The molecule has 0 fully saturated rings. The van der Waals surface area contributed by atoms with Gasteiger partial charge in [0.25, 0.3) is 0 Å². The van der Waals surface area contributed by atoms with Crippen LogP contribution in [0.3, 0.4) is 0 Å². The van der Waals surface area contributed by atoms with Crippen LogP contribution in [0.1, 0.15) is 37.6 Å². The van der Waals surface area contributed by atoms with Gasteiger partial charge in [0, 0.05) is 0 Å². The zero-order valence-electron chi connectivity index (χ0n) is 16.4. The summed E-state index contributed by atoms with van der Waals surface area (Å²) in [6, 6.07) is 11.1. The maximum atomic E-state index is 12.7. The number of aryl methyl sites for hydroxylation is 1. The van der Waals surface area contributed by atoms with Crippen molar-refractivity contribution in [2.75, 3.05) is 7.11 Å². The second-order valence-corrected chi connectivity index (χ2v) is 7.23. The Bertz CT molecular complexity index is 743. The van der Waals surface area contributed by atoms with E-state index in [2.05, 4.69) is 6.92 Å². The number of rotatable bonds is 7. The average molecular weight is 373 g/mol. The van der Waals surface area contributed by atoms with Crippen LogP contribution in [0.25, 0.3) is 0 Å². The van der Waals surface area contributed by atoms with Crippen molar-refractivity contribution in [2.45, 2.75) is 33.3 Å². The number of ether oxygens (including phenoxy) is 2. The molecule has 0 saturated carbocycles. The summed E-state index contributed by atoms with van der Waals surface area (Å²) < 4.78 is 11.1. The first-order valence-corrected chi connectivity index (χ1v) is 9.25. The van der Waals surface area contributed by atoms with Crippen LogP contribution in [0.5, 0.6) is 11.5 Å². The Kier molecular flexibility index (Phi) is 9.04. The van der Waals surface area contributed by atoms with Crippen LogP contribution < -0.4 is 33.6 Å². The molecule has 0 aliphatic heterocycles. The Balaban J connectivity index is 0.00000312. The summed E-state index contributed by atoms with van der Waals surface area (Å²) >= 11 is 6.19. The first-order valence-electron chi connectivity index (χ1n) is 7.87. The molecule has 2 rings (SSSR count). The molecule has 0 aromatic heterocycles.